The lowest BCUT2D eigenvalue weighted by molar-refractivity contribution is -0.138. The van der Waals surface area contributed by atoms with Crippen LogP contribution >= 0.6 is 23.2 Å². The van der Waals surface area contributed by atoms with Crippen molar-refractivity contribution in [2.24, 2.45) is 0 Å². The molecule has 0 saturated carbocycles. The van der Waals surface area contributed by atoms with Crippen molar-refractivity contribution in [3.05, 3.63) is 33.8 Å². The predicted molar refractivity (Wildman–Crippen MR) is 65.1 cm³/mol. The standard InChI is InChI=1S/C11H13Cl2NO2/c1-7(14(2)6-11(15)16)8-3-4-9(12)10(13)5-8/h3-5,7H,6H2,1-2H3,(H,15,16). The Morgan fingerprint density at radius 1 is 1.44 bits per heavy atom. The van der Waals surface area contributed by atoms with E-state index >= 15 is 0 Å². The van der Waals surface area contributed by atoms with E-state index in [2.05, 4.69) is 0 Å². The van der Waals surface area contributed by atoms with Gasteiger partial charge in [0.05, 0.1) is 16.6 Å². The Morgan fingerprint density at radius 2 is 2.06 bits per heavy atom. The summed E-state index contributed by atoms with van der Waals surface area (Å²) in [5.74, 6) is -0.852. The number of aliphatic carboxylic acids is 1. The van der Waals surface area contributed by atoms with Gasteiger partial charge in [0.15, 0.2) is 0 Å². The Hall–Kier alpha value is -0.770. The lowest BCUT2D eigenvalue weighted by Gasteiger charge is -2.23. The third-order valence-corrected chi connectivity index (χ3v) is 3.21. The number of hydrogen-bond acceptors (Lipinski definition) is 2. The number of carboxylic acid groups (broad SMARTS) is 1. The van der Waals surface area contributed by atoms with Crippen LogP contribution < -0.4 is 0 Å². The first-order chi connectivity index (χ1) is 7.41. The average Bonchev–Trinajstić information content (AvgIpc) is 2.20. The Kier molecular flexibility index (Phi) is 4.59. The normalized spacial score (nSPS) is 12.8. The fourth-order valence-corrected chi connectivity index (χ4v) is 1.68. The van der Waals surface area contributed by atoms with Crippen LogP contribution in [0.4, 0.5) is 0 Å². The lowest BCUT2D eigenvalue weighted by Crippen LogP contribution is -2.28. The number of rotatable bonds is 4. The quantitative estimate of drug-likeness (QED) is 0.906. The van der Waals surface area contributed by atoms with Crippen LogP contribution in [0.3, 0.4) is 0 Å². The van der Waals surface area contributed by atoms with E-state index in [-0.39, 0.29) is 12.6 Å². The fraction of sp³-hybridized carbons (Fsp3) is 0.364. The number of nitrogens with zero attached hydrogens (tertiary/aromatic N) is 1. The zero-order chi connectivity index (χ0) is 12.3. The predicted octanol–water partition coefficient (Wildman–Crippen LogP) is 3.07. The third kappa shape index (κ3) is 3.37. The van der Waals surface area contributed by atoms with Gasteiger partial charge in [0.25, 0.3) is 0 Å². The number of halogens is 2. The summed E-state index contributed by atoms with van der Waals surface area (Å²) in [5.41, 5.74) is 0.943. The monoisotopic (exact) mass is 261 g/mol. The summed E-state index contributed by atoms with van der Waals surface area (Å²) in [5, 5.41) is 9.67. The molecule has 3 nitrogen and oxygen atoms in total. The summed E-state index contributed by atoms with van der Waals surface area (Å²) in [4.78, 5) is 12.3. The van der Waals surface area contributed by atoms with Gasteiger partial charge in [0.1, 0.15) is 0 Å². The Labute approximate surface area is 105 Å². The van der Waals surface area contributed by atoms with Crippen molar-refractivity contribution in [1.29, 1.82) is 0 Å². The van der Waals surface area contributed by atoms with Gasteiger partial charge in [-0.05, 0) is 31.7 Å². The lowest BCUT2D eigenvalue weighted by atomic mass is 10.1. The van der Waals surface area contributed by atoms with Gasteiger partial charge in [-0.15, -0.1) is 0 Å². The van der Waals surface area contributed by atoms with Crippen molar-refractivity contribution in [3.63, 3.8) is 0 Å². The van der Waals surface area contributed by atoms with Crippen molar-refractivity contribution >= 4 is 29.2 Å². The van der Waals surface area contributed by atoms with Crippen LogP contribution in [0.5, 0.6) is 0 Å². The highest BCUT2D eigenvalue weighted by Gasteiger charge is 2.15. The number of benzene rings is 1. The van der Waals surface area contributed by atoms with E-state index in [0.29, 0.717) is 10.0 Å². The minimum atomic E-state index is -0.852. The van der Waals surface area contributed by atoms with E-state index in [1.54, 1.807) is 24.1 Å². The molecular formula is C11H13Cl2NO2. The second-order valence-electron chi connectivity index (χ2n) is 3.66. The van der Waals surface area contributed by atoms with Crippen LogP contribution in [0.25, 0.3) is 0 Å². The molecule has 0 aromatic heterocycles. The van der Waals surface area contributed by atoms with Crippen LogP contribution in [0, 0.1) is 0 Å². The van der Waals surface area contributed by atoms with Gasteiger partial charge in [-0.1, -0.05) is 29.3 Å². The molecule has 0 fully saturated rings. The van der Waals surface area contributed by atoms with Gasteiger partial charge < -0.3 is 5.11 Å². The highest BCUT2D eigenvalue weighted by Crippen LogP contribution is 2.27. The largest absolute Gasteiger partial charge is 0.480 e. The molecule has 0 heterocycles. The summed E-state index contributed by atoms with van der Waals surface area (Å²) >= 11 is 11.7. The summed E-state index contributed by atoms with van der Waals surface area (Å²) in [6, 6.07) is 5.29. The molecule has 0 amide bonds. The van der Waals surface area contributed by atoms with Crippen LogP contribution in [0.15, 0.2) is 18.2 Å². The van der Waals surface area contributed by atoms with E-state index in [1.165, 1.54) is 0 Å². The van der Waals surface area contributed by atoms with Gasteiger partial charge >= 0.3 is 5.97 Å². The molecule has 88 valence electrons. The average molecular weight is 262 g/mol. The molecule has 0 spiro atoms. The van der Waals surface area contributed by atoms with Crippen molar-refractivity contribution < 1.29 is 9.90 Å². The highest BCUT2D eigenvalue weighted by atomic mass is 35.5. The Morgan fingerprint density at radius 3 is 2.56 bits per heavy atom. The molecule has 1 unspecified atom stereocenters. The zero-order valence-corrected chi connectivity index (χ0v) is 10.6. The van der Waals surface area contributed by atoms with Crippen molar-refractivity contribution in [1.82, 2.24) is 4.90 Å². The second kappa shape index (κ2) is 5.53. The molecule has 1 N–H and O–H groups in total. The van der Waals surface area contributed by atoms with Crippen LogP contribution in [-0.2, 0) is 4.79 Å². The number of hydrogen-bond donors (Lipinski definition) is 1. The molecule has 0 bridgehead atoms. The summed E-state index contributed by atoms with van der Waals surface area (Å²) in [6.07, 6.45) is 0. The van der Waals surface area contributed by atoms with E-state index in [0.717, 1.165) is 5.56 Å². The molecule has 0 saturated heterocycles. The Balaban J connectivity index is 2.83. The van der Waals surface area contributed by atoms with Crippen molar-refractivity contribution in [2.45, 2.75) is 13.0 Å². The van der Waals surface area contributed by atoms with E-state index in [4.69, 9.17) is 28.3 Å². The number of carbonyl (C=O) groups is 1. The van der Waals surface area contributed by atoms with Gasteiger partial charge in [0, 0.05) is 6.04 Å². The minimum Gasteiger partial charge on any atom is -0.480 e. The molecule has 0 aliphatic rings. The van der Waals surface area contributed by atoms with Crippen LogP contribution in [-0.4, -0.2) is 29.6 Å². The topological polar surface area (TPSA) is 40.5 Å². The molecule has 1 aromatic carbocycles. The smallest absolute Gasteiger partial charge is 0.317 e. The summed E-state index contributed by atoms with van der Waals surface area (Å²) in [7, 11) is 1.75. The number of likely N-dealkylation sites (N-methyl/N-ethyl adjacent to an activating group) is 1. The summed E-state index contributed by atoms with van der Waals surface area (Å²) < 4.78 is 0. The molecule has 0 radical (unpaired) electrons. The molecule has 0 aliphatic heterocycles. The van der Waals surface area contributed by atoms with Gasteiger partial charge in [-0.25, -0.2) is 0 Å². The molecule has 5 heteroatoms. The minimum absolute atomic E-state index is 0.0125. The zero-order valence-electron chi connectivity index (χ0n) is 9.08. The van der Waals surface area contributed by atoms with E-state index in [9.17, 15) is 4.79 Å². The van der Waals surface area contributed by atoms with Gasteiger partial charge in [0.2, 0.25) is 0 Å². The summed E-state index contributed by atoms with van der Waals surface area (Å²) in [6.45, 7) is 1.91. The first-order valence-electron chi connectivity index (χ1n) is 4.78. The maximum Gasteiger partial charge on any atom is 0.317 e. The molecule has 1 atom stereocenters. The van der Waals surface area contributed by atoms with Gasteiger partial charge in [-0.3, -0.25) is 9.69 Å². The molecule has 1 rings (SSSR count). The van der Waals surface area contributed by atoms with Crippen molar-refractivity contribution in [3.8, 4) is 0 Å². The number of carboxylic acids is 1. The van der Waals surface area contributed by atoms with Gasteiger partial charge in [-0.2, -0.15) is 0 Å². The first kappa shape index (κ1) is 13.3. The molecule has 0 aliphatic carbocycles. The second-order valence-corrected chi connectivity index (χ2v) is 4.47. The molecule has 1 aromatic rings. The Bertz CT molecular complexity index is 396. The maximum absolute atomic E-state index is 10.6. The fourth-order valence-electron chi connectivity index (χ4n) is 1.38. The van der Waals surface area contributed by atoms with E-state index in [1.807, 2.05) is 13.0 Å². The SMILES string of the molecule is CC(c1ccc(Cl)c(Cl)c1)N(C)CC(=O)O. The van der Waals surface area contributed by atoms with Crippen molar-refractivity contribution in [2.75, 3.05) is 13.6 Å². The van der Waals surface area contributed by atoms with Crippen LogP contribution in [0.2, 0.25) is 10.0 Å². The van der Waals surface area contributed by atoms with Crippen LogP contribution in [0.1, 0.15) is 18.5 Å². The highest BCUT2D eigenvalue weighted by molar-refractivity contribution is 6.42. The molecule has 16 heavy (non-hydrogen) atoms. The first-order valence-corrected chi connectivity index (χ1v) is 5.54. The maximum atomic E-state index is 10.6. The van der Waals surface area contributed by atoms with E-state index < -0.39 is 5.97 Å². The molecular weight excluding hydrogens is 249 g/mol. The third-order valence-electron chi connectivity index (χ3n) is 2.47.